The Hall–Kier alpha value is -1.50. The molecule has 0 radical (unpaired) electrons. The number of hydrogen-bond donors (Lipinski definition) is 0. The Balaban J connectivity index is 2.40. The summed E-state index contributed by atoms with van der Waals surface area (Å²) in [5.74, 6) is 0.923. The molecular formula is C14H16O. The molecule has 0 atom stereocenters. The van der Waals surface area contributed by atoms with E-state index in [0.717, 1.165) is 5.75 Å². The van der Waals surface area contributed by atoms with Gasteiger partial charge in [-0.1, -0.05) is 29.9 Å². The van der Waals surface area contributed by atoms with Gasteiger partial charge in [-0.25, -0.2) is 0 Å². The number of benzene rings is 1. The number of ether oxygens (including phenoxy) is 1. The fourth-order valence-corrected chi connectivity index (χ4v) is 1.91. The van der Waals surface area contributed by atoms with Crippen LogP contribution in [0.4, 0.5) is 0 Å². The zero-order valence-corrected chi connectivity index (χ0v) is 9.29. The van der Waals surface area contributed by atoms with Crippen molar-refractivity contribution in [3.63, 3.8) is 0 Å². The van der Waals surface area contributed by atoms with E-state index < -0.39 is 0 Å². The molecular weight excluding hydrogens is 184 g/mol. The lowest BCUT2D eigenvalue weighted by atomic mass is 9.93. The molecule has 0 bridgehead atoms. The van der Waals surface area contributed by atoms with Gasteiger partial charge in [0.05, 0.1) is 7.11 Å². The third kappa shape index (κ3) is 2.12. The fourth-order valence-electron chi connectivity index (χ4n) is 1.91. The van der Waals surface area contributed by atoms with Crippen LogP contribution in [0.1, 0.15) is 25.3 Å². The molecule has 1 heteroatoms. The third-order valence-corrected chi connectivity index (χ3v) is 2.81. The van der Waals surface area contributed by atoms with Gasteiger partial charge < -0.3 is 4.74 Å². The van der Waals surface area contributed by atoms with Crippen molar-refractivity contribution in [2.45, 2.75) is 19.8 Å². The Morgan fingerprint density at radius 1 is 1.27 bits per heavy atom. The maximum atomic E-state index is 5.23. The molecule has 2 rings (SSSR count). The van der Waals surface area contributed by atoms with Gasteiger partial charge >= 0.3 is 0 Å². The van der Waals surface area contributed by atoms with Gasteiger partial charge in [0.15, 0.2) is 0 Å². The Morgan fingerprint density at radius 2 is 2.13 bits per heavy atom. The minimum Gasteiger partial charge on any atom is -0.497 e. The van der Waals surface area contributed by atoms with Crippen LogP contribution in [-0.4, -0.2) is 7.11 Å². The minimum atomic E-state index is 0.923. The smallest absolute Gasteiger partial charge is 0.119 e. The van der Waals surface area contributed by atoms with Gasteiger partial charge in [-0.15, -0.1) is 0 Å². The minimum absolute atomic E-state index is 0.923. The summed E-state index contributed by atoms with van der Waals surface area (Å²) in [4.78, 5) is 0. The molecule has 1 nitrogen and oxygen atoms in total. The summed E-state index contributed by atoms with van der Waals surface area (Å²) in [5.41, 5.74) is 4.06. The summed E-state index contributed by atoms with van der Waals surface area (Å²) < 4.78 is 5.23. The number of methoxy groups -OCH3 is 1. The van der Waals surface area contributed by atoms with E-state index in [1.165, 1.54) is 29.6 Å². The van der Waals surface area contributed by atoms with E-state index in [1.54, 1.807) is 7.11 Å². The van der Waals surface area contributed by atoms with Crippen LogP contribution in [0.2, 0.25) is 0 Å². The molecule has 78 valence electrons. The molecule has 15 heavy (non-hydrogen) atoms. The first-order valence-corrected chi connectivity index (χ1v) is 5.32. The van der Waals surface area contributed by atoms with Crippen molar-refractivity contribution in [3.05, 3.63) is 47.6 Å². The lowest BCUT2D eigenvalue weighted by Gasteiger charge is -2.13. The predicted octanol–water partition coefficient (Wildman–Crippen LogP) is 3.82. The van der Waals surface area contributed by atoms with E-state index in [1.807, 2.05) is 12.1 Å². The van der Waals surface area contributed by atoms with E-state index >= 15 is 0 Å². The van der Waals surface area contributed by atoms with Gasteiger partial charge in [-0.2, -0.15) is 0 Å². The van der Waals surface area contributed by atoms with Gasteiger partial charge in [0.2, 0.25) is 0 Å². The van der Waals surface area contributed by atoms with Crippen LogP contribution in [0.15, 0.2) is 42.0 Å². The summed E-state index contributed by atoms with van der Waals surface area (Å²) in [6.07, 6.45) is 6.79. The van der Waals surface area contributed by atoms with Gasteiger partial charge in [-0.05, 0) is 43.0 Å². The van der Waals surface area contributed by atoms with Crippen molar-refractivity contribution >= 4 is 5.57 Å². The first-order chi connectivity index (χ1) is 7.31. The SMILES string of the molecule is COc1cccc(C2=C(C)CCC=C2)c1. The molecule has 1 aromatic rings. The molecule has 0 unspecified atom stereocenters. The summed E-state index contributed by atoms with van der Waals surface area (Å²) in [6, 6.07) is 8.24. The monoisotopic (exact) mass is 200 g/mol. The Bertz CT molecular complexity index is 413. The number of rotatable bonds is 2. The number of allylic oxidation sites excluding steroid dienone is 4. The molecule has 0 N–H and O–H groups in total. The molecule has 1 aliphatic rings. The molecule has 1 aromatic carbocycles. The van der Waals surface area contributed by atoms with Crippen molar-refractivity contribution in [2.75, 3.05) is 7.11 Å². The molecule has 0 aromatic heterocycles. The highest BCUT2D eigenvalue weighted by atomic mass is 16.5. The molecule has 1 aliphatic carbocycles. The van der Waals surface area contributed by atoms with Crippen LogP contribution in [0.25, 0.3) is 5.57 Å². The van der Waals surface area contributed by atoms with Crippen LogP contribution in [0.5, 0.6) is 5.75 Å². The molecule has 0 saturated carbocycles. The van der Waals surface area contributed by atoms with Crippen LogP contribution in [0, 0.1) is 0 Å². The van der Waals surface area contributed by atoms with Crippen LogP contribution in [-0.2, 0) is 0 Å². The highest BCUT2D eigenvalue weighted by Crippen LogP contribution is 2.28. The first-order valence-electron chi connectivity index (χ1n) is 5.32. The molecule has 0 amide bonds. The molecule has 0 fully saturated rings. The Kier molecular flexibility index (Phi) is 2.91. The fraction of sp³-hybridized carbons (Fsp3) is 0.286. The first kappa shape index (κ1) is 10.0. The van der Waals surface area contributed by atoms with E-state index in [2.05, 4.69) is 31.2 Å². The van der Waals surface area contributed by atoms with Gasteiger partial charge in [0.25, 0.3) is 0 Å². The Labute approximate surface area is 91.1 Å². The summed E-state index contributed by atoms with van der Waals surface area (Å²) in [7, 11) is 1.71. The second-order valence-electron chi connectivity index (χ2n) is 3.87. The van der Waals surface area contributed by atoms with Crippen molar-refractivity contribution in [1.82, 2.24) is 0 Å². The maximum Gasteiger partial charge on any atom is 0.119 e. The lowest BCUT2D eigenvalue weighted by molar-refractivity contribution is 0.414. The number of hydrogen-bond acceptors (Lipinski definition) is 1. The quantitative estimate of drug-likeness (QED) is 0.705. The van der Waals surface area contributed by atoms with Gasteiger partial charge in [0, 0.05) is 0 Å². The average Bonchev–Trinajstić information content (AvgIpc) is 2.30. The highest BCUT2D eigenvalue weighted by molar-refractivity contribution is 5.77. The Morgan fingerprint density at radius 3 is 2.87 bits per heavy atom. The van der Waals surface area contributed by atoms with Crippen LogP contribution >= 0.6 is 0 Å². The van der Waals surface area contributed by atoms with E-state index in [4.69, 9.17) is 4.74 Å². The lowest BCUT2D eigenvalue weighted by Crippen LogP contribution is -1.92. The average molecular weight is 200 g/mol. The van der Waals surface area contributed by atoms with E-state index in [0.29, 0.717) is 0 Å². The largest absolute Gasteiger partial charge is 0.497 e. The second kappa shape index (κ2) is 4.35. The molecule has 0 heterocycles. The molecule has 0 saturated heterocycles. The van der Waals surface area contributed by atoms with E-state index in [9.17, 15) is 0 Å². The predicted molar refractivity (Wildman–Crippen MR) is 64.0 cm³/mol. The summed E-state index contributed by atoms with van der Waals surface area (Å²) in [6.45, 7) is 2.21. The van der Waals surface area contributed by atoms with Crippen molar-refractivity contribution < 1.29 is 4.74 Å². The van der Waals surface area contributed by atoms with Crippen LogP contribution in [0.3, 0.4) is 0 Å². The highest BCUT2D eigenvalue weighted by Gasteiger charge is 2.06. The normalized spacial score (nSPS) is 15.6. The standard InChI is InChI=1S/C14H16O/c1-11-6-3-4-9-14(11)12-7-5-8-13(10-12)15-2/h4-5,7-10H,3,6H2,1-2H3. The van der Waals surface area contributed by atoms with Crippen LogP contribution < -0.4 is 4.74 Å². The summed E-state index contributed by atoms with van der Waals surface area (Å²) >= 11 is 0. The topological polar surface area (TPSA) is 9.23 Å². The van der Waals surface area contributed by atoms with Crippen molar-refractivity contribution in [3.8, 4) is 5.75 Å². The van der Waals surface area contributed by atoms with Crippen molar-refractivity contribution in [1.29, 1.82) is 0 Å². The van der Waals surface area contributed by atoms with E-state index in [-0.39, 0.29) is 0 Å². The molecule has 0 aliphatic heterocycles. The maximum absolute atomic E-state index is 5.23. The summed E-state index contributed by atoms with van der Waals surface area (Å²) in [5, 5.41) is 0. The second-order valence-corrected chi connectivity index (χ2v) is 3.87. The van der Waals surface area contributed by atoms with Gasteiger partial charge in [-0.3, -0.25) is 0 Å². The van der Waals surface area contributed by atoms with Gasteiger partial charge in [0.1, 0.15) is 5.75 Å². The zero-order chi connectivity index (χ0) is 10.7. The molecule has 0 spiro atoms. The third-order valence-electron chi connectivity index (χ3n) is 2.81. The van der Waals surface area contributed by atoms with Crippen molar-refractivity contribution in [2.24, 2.45) is 0 Å². The zero-order valence-electron chi connectivity index (χ0n) is 9.29.